The highest BCUT2D eigenvalue weighted by molar-refractivity contribution is 9.10. The maximum atomic E-state index is 12.6. The molecule has 0 bridgehead atoms. The van der Waals surface area contributed by atoms with Crippen molar-refractivity contribution in [1.82, 2.24) is 4.90 Å². The number of rotatable bonds is 7. The van der Waals surface area contributed by atoms with Gasteiger partial charge in [0, 0.05) is 18.1 Å². The van der Waals surface area contributed by atoms with Crippen LogP contribution in [0.5, 0.6) is 0 Å². The molecule has 6 heteroatoms. The maximum Gasteiger partial charge on any atom is 0.244 e. The molecule has 122 valence electrons. The van der Waals surface area contributed by atoms with E-state index in [1.807, 2.05) is 32.0 Å². The molecule has 0 aliphatic carbocycles. The van der Waals surface area contributed by atoms with Crippen LogP contribution in [0, 0.1) is 5.41 Å². The van der Waals surface area contributed by atoms with Crippen molar-refractivity contribution in [2.24, 2.45) is 11.1 Å². The minimum atomic E-state index is -0.581. The largest absolute Gasteiger partial charge is 0.336 e. The van der Waals surface area contributed by atoms with E-state index in [0.717, 1.165) is 4.47 Å². The number of nitrogens with two attached hydrogens (primary N) is 1. The molecule has 2 amide bonds. The molecule has 5 nitrogen and oxygen atoms in total. The summed E-state index contributed by atoms with van der Waals surface area (Å²) in [6.07, 6.45) is 1.32. The van der Waals surface area contributed by atoms with Crippen LogP contribution in [0.3, 0.4) is 0 Å². The van der Waals surface area contributed by atoms with Gasteiger partial charge in [0.25, 0.3) is 0 Å². The molecule has 22 heavy (non-hydrogen) atoms. The number of carbonyl (C=O) groups is 2. The van der Waals surface area contributed by atoms with Gasteiger partial charge in [-0.25, -0.2) is 0 Å². The van der Waals surface area contributed by atoms with Gasteiger partial charge in [0.2, 0.25) is 11.8 Å². The van der Waals surface area contributed by atoms with Crippen LogP contribution >= 0.6 is 15.9 Å². The number of carbonyl (C=O) groups excluding carboxylic acids is 2. The molecule has 0 unspecified atom stereocenters. The van der Waals surface area contributed by atoms with Gasteiger partial charge in [-0.2, -0.15) is 0 Å². The van der Waals surface area contributed by atoms with E-state index in [0.29, 0.717) is 18.5 Å². The number of likely N-dealkylation sites (N-methyl/N-ethyl adjacent to an activating group) is 1. The lowest BCUT2D eigenvalue weighted by Gasteiger charge is -2.33. The lowest BCUT2D eigenvalue weighted by atomic mass is 9.81. The van der Waals surface area contributed by atoms with E-state index in [1.54, 1.807) is 13.1 Å². The Labute approximate surface area is 140 Å². The summed E-state index contributed by atoms with van der Waals surface area (Å²) in [5.41, 5.74) is 5.89. The summed E-state index contributed by atoms with van der Waals surface area (Å²) < 4.78 is 0.802. The van der Waals surface area contributed by atoms with Crippen molar-refractivity contribution in [2.75, 3.05) is 25.5 Å². The molecule has 0 aliphatic heterocycles. The first-order valence-corrected chi connectivity index (χ1v) is 8.19. The molecule has 3 N–H and O–H groups in total. The van der Waals surface area contributed by atoms with E-state index in [-0.39, 0.29) is 24.9 Å². The van der Waals surface area contributed by atoms with Crippen LogP contribution in [0.1, 0.15) is 26.7 Å². The maximum absolute atomic E-state index is 12.6. The number of benzene rings is 1. The van der Waals surface area contributed by atoms with E-state index in [4.69, 9.17) is 5.73 Å². The average Bonchev–Trinajstić information content (AvgIpc) is 2.51. The number of amides is 2. The van der Waals surface area contributed by atoms with Crippen molar-refractivity contribution < 1.29 is 9.59 Å². The van der Waals surface area contributed by atoms with Gasteiger partial charge in [0.05, 0.1) is 17.6 Å². The Kier molecular flexibility index (Phi) is 7.03. The number of anilines is 1. The Bertz CT molecular complexity index is 522. The fourth-order valence-corrected chi connectivity index (χ4v) is 2.76. The van der Waals surface area contributed by atoms with Crippen molar-refractivity contribution in [1.29, 1.82) is 0 Å². The topological polar surface area (TPSA) is 75.4 Å². The van der Waals surface area contributed by atoms with Crippen LogP contribution in [0.25, 0.3) is 0 Å². The van der Waals surface area contributed by atoms with Crippen LogP contribution in [0.15, 0.2) is 28.7 Å². The molecule has 0 heterocycles. The predicted octanol–water partition coefficient (Wildman–Crippen LogP) is 2.61. The van der Waals surface area contributed by atoms with E-state index >= 15 is 0 Å². The third kappa shape index (κ3) is 4.30. The van der Waals surface area contributed by atoms with Crippen molar-refractivity contribution in [2.45, 2.75) is 26.7 Å². The van der Waals surface area contributed by atoms with Gasteiger partial charge in [-0.05, 0) is 40.9 Å². The van der Waals surface area contributed by atoms with Crippen molar-refractivity contribution in [3.63, 3.8) is 0 Å². The van der Waals surface area contributed by atoms with Gasteiger partial charge >= 0.3 is 0 Å². The van der Waals surface area contributed by atoms with Crippen molar-refractivity contribution >= 4 is 33.4 Å². The zero-order chi connectivity index (χ0) is 16.8. The number of nitrogens with zero attached hydrogens (tertiary/aromatic N) is 1. The number of nitrogens with one attached hydrogen (secondary N) is 1. The Morgan fingerprint density at radius 1 is 1.27 bits per heavy atom. The summed E-state index contributed by atoms with van der Waals surface area (Å²) in [5, 5.41) is 2.79. The SMILES string of the molecule is CCC(CC)(CN)C(=O)N(C)CC(=O)Nc1ccccc1Br. The smallest absolute Gasteiger partial charge is 0.244 e. The molecular weight excluding hydrogens is 346 g/mol. The molecule has 1 aromatic rings. The van der Waals surface area contributed by atoms with Gasteiger partial charge in [-0.1, -0.05) is 26.0 Å². The third-order valence-electron chi connectivity index (χ3n) is 4.07. The molecule has 0 aliphatic rings. The second-order valence-electron chi connectivity index (χ2n) is 5.38. The highest BCUT2D eigenvalue weighted by Gasteiger charge is 2.36. The first kappa shape index (κ1) is 18.6. The highest BCUT2D eigenvalue weighted by atomic mass is 79.9. The molecule has 0 saturated carbocycles. The van der Waals surface area contributed by atoms with E-state index in [2.05, 4.69) is 21.2 Å². The molecule has 1 rings (SSSR count). The van der Waals surface area contributed by atoms with Crippen LogP contribution < -0.4 is 11.1 Å². The molecule has 0 saturated heterocycles. The minimum absolute atomic E-state index is 0.00190. The quantitative estimate of drug-likeness (QED) is 0.775. The summed E-state index contributed by atoms with van der Waals surface area (Å²) >= 11 is 3.37. The van der Waals surface area contributed by atoms with Gasteiger partial charge in [-0.15, -0.1) is 0 Å². The summed E-state index contributed by atoms with van der Waals surface area (Å²) in [7, 11) is 1.64. The molecule has 1 aromatic carbocycles. The fourth-order valence-electron chi connectivity index (χ4n) is 2.37. The zero-order valence-electron chi connectivity index (χ0n) is 13.4. The minimum Gasteiger partial charge on any atom is -0.336 e. The summed E-state index contributed by atoms with van der Waals surface area (Å²) in [5.74, 6) is -0.317. The molecule has 0 atom stereocenters. The van der Waals surface area contributed by atoms with Gasteiger partial charge in [0.15, 0.2) is 0 Å². The third-order valence-corrected chi connectivity index (χ3v) is 4.76. The van der Waals surface area contributed by atoms with Crippen LogP contribution in [-0.4, -0.2) is 36.9 Å². The normalized spacial score (nSPS) is 11.1. The van der Waals surface area contributed by atoms with Crippen LogP contribution in [0.4, 0.5) is 5.69 Å². The van der Waals surface area contributed by atoms with Gasteiger partial charge in [0.1, 0.15) is 0 Å². The van der Waals surface area contributed by atoms with Crippen molar-refractivity contribution in [3.05, 3.63) is 28.7 Å². The summed E-state index contributed by atoms with van der Waals surface area (Å²) in [4.78, 5) is 26.1. The molecule has 0 spiro atoms. The first-order chi connectivity index (χ1) is 10.4. The monoisotopic (exact) mass is 369 g/mol. The van der Waals surface area contributed by atoms with Crippen molar-refractivity contribution in [3.8, 4) is 0 Å². The molecule has 0 radical (unpaired) electrons. The Balaban J connectivity index is 2.71. The number of hydrogen-bond donors (Lipinski definition) is 2. The Morgan fingerprint density at radius 3 is 2.36 bits per heavy atom. The number of hydrogen-bond acceptors (Lipinski definition) is 3. The summed E-state index contributed by atoms with van der Waals surface area (Å²) in [6.45, 7) is 4.18. The first-order valence-electron chi connectivity index (χ1n) is 7.40. The second kappa shape index (κ2) is 8.29. The number of para-hydroxylation sites is 1. The van der Waals surface area contributed by atoms with Crippen LogP contribution in [0.2, 0.25) is 0 Å². The lowest BCUT2D eigenvalue weighted by Crippen LogP contribution is -2.48. The number of halogens is 1. The van der Waals surface area contributed by atoms with Gasteiger partial charge in [-0.3, -0.25) is 9.59 Å². The van der Waals surface area contributed by atoms with E-state index in [9.17, 15) is 9.59 Å². The Morgan fingerprint density at radius 2 is 1.86 bits per heavy atom. The lowest BCUT2D eigenvalue weighted by molar-refractivity contribution is -0.142. The average molecular weight is 370 g/mol. The molecule has 0 fully saturated rings. The van der Waals surface area contributed by atoms with E-state index < -0.39 is 5.41 Å². The van der Waals surface area contributed by atoms with Crippen LogP contribution in [-0.2, 0) is 9.59 Å². The fraction of sp³-hybridized carbons (Fsp3) is 0.500. The highest BCUT2D eigenvalue weighted by Crippen LogP contribution is 2.27. The predicted molar refractivity (Wildman–Crippen MR) is 92.5 cm³/mol. The second-order valence-corrected chi connectivity index (χ2v) is 6.24. The summed E-state index contributed by atoms with van der Waals surface area (Å²) in [6, 6.07) is 7.35. The Hall–Kier alpha value is -1.40. The van der Waals surface area contributed by atoms with E-state index in [1.165, 1.54) is 4.90 Å². The zero-order valence-corrected chi connectivity index (χ0v) is 14.9. The van der Waals surface area contributed by atoms with Gasteiger partial charge < -0.3 is 16.0 Å². The molecular formula is C16H24BrN3O2. The molecule has 0 aromatic heterocycles. The standard InChI is InChI=1S/C16H24BrN3O2/c1-4-16(5-2,11-18)15(22)20(3)10-14(21)19-13-9-7-6-8-12(13)17/h6-9H,4-5,10-11,18H2,1-3H3,(H,19,21).